The zero-order valence-electron chi connectivity index (χ0n) is 31.9. The fraction of sp³-hybridized carbons (Fsp3) is 1.00. The molecule has 4 aliphatic carbocycles. The van der Waals surface area contributed by atoms with E-state index in [1.807, 2.05) is 138 Å². The molecule has 0 aromatic rings. The van der Waals surface area contributed by atoms with Crippen LogP contribution in [0.4, 0.5) is 0 Å². The normalized spacial score (nSPS) is 6.07. The first-order valence-corrected chi connectivity index (χ1v) is 17.0. The van der Waals surface area contributed by atoms with E-state index < -0.39 is 0 Å². The van der Waals surface area contributed by atoms with Crippen molar-refractivity contribution in [3.05, 3.63) is 0 Å². The molecule has 12 radical (unpaired) electrons. The van der Waals surface area contributed by atoms with E-state index in [2.05, 4.69) is 30.9 Å². The van der Waals surface area contributed by atoms with E-state index in [1.54, 1.807) is 0 Å². The first kappa shape index (κ1) is 330. The Balaban J connectivity index is -0.00000000315. The van der Waals surface area contributed by atoms with E-state index in [-0.39, 0.29) is 173 Å². The minimum Gasteiger partial charge on any atom is -0.0776 e. The van der Waals surface area contributed by atoms with Crippen LogP contribution in [0.3, 0.4) is 0 Å². The molecule has 0 nitrogen and oxygen atoms in total. The Morgan fingerprint density at radius 2 is 0.217 bits per heavy atom. The first-order valence-electron chi connectivity index (χ1n) is 17.0. The molecule has 0 heterocycles. The van der Waals surface area contributed by atoms with Gasteiger partial charge in [0.05, 0.1) is 0 Å². The van der Waals surface area contributed by atoms with E-state index in [4.69, 9.17) is 0 Å². The van der Waals surface area contributed by atoms with E-state index in [9.17, 15) is 0 Å². The fourth-order valence-corrected chi connectivity index (χ4v) is 0. The highest BCUT2D eigenvalue weighted by Crippen LogP contribution is 2.15. The van der Waals surface area contributed by atoms with Crippen LogP contribution in [0.15, 0.2) is 0 Å². The summed E-state index contributed by atoms with van der Waals surface area (Å²) < 4.78 is 0. The number of rotatable bonds is 0. The molecule has 60 heavy (non-hydrogen) atoms. The highest BCUT2D eigenvalue weighted by atomic mass is 14.0. The molecule has 0 amide bonds. The Kier molecular flexibility index (Phi) is 6220. The zero-order chi connectivity index (χ0) is 33.2. The highest BCUT2D eigenvalue weighted by Gasteiger charge is 1.96. The van der Waals surface area contributed by atoms with Crippen molar-refractivity contribution in [3.8, 4) is 0 Å². The Morgan fingerprint density at radius 1 is 0.200 bits per heavy atom. The van der Waals surface area contributed by atoms with Gasteiger partial charge in [-0.3, -0.25) is 0 Å². The van der Waals surface area contributed by atoms with Gasteiger partial charge in [0.15, 0.2) is 0 Å². The quantitative estimate of drug-likeness (QED) is 0.213. The molecule has 0 unspecified atom stereocenters. The van der Waals surface area contributed by atoms with Crippen molar-refractivity contribution in [1.29, 1.82) is 0 Å². The lowest BCUT2D eigenvalue weighted by molar-refractivity contribution is 1.50. The van der Waals surface area contributed by atoms with Crippen LogP contribution in [0, 0.1) is 0 Å². The van der Waals surface area contributed by atoms with Gasteiger partial charge in [-0.15, -0.1) is 0 Å². The molecule has 0 saturated heterocycles. The maximum atomic E-state index is 4.50. The molecule has 4 saturated carbocycles. The van der Waals surface area contributed by atoms with Gasteiger partial charge < -0.3 is 0 Å². The summed E-state index contributed by atoms with van der Waals surface area (Å²) in [5, 5.41) is 0. The second-order valence-corrected chi connectivity index (χ2v) is 4.44. The smallest absolute Gasteiger partial charge is 0 e. The van der Waals surface area contributed by atoms with Crippen molar-refractivity contribution < 1.29 is 1.43 Å². The zero-order valence-corrected chi connectivity index (χ0v) is 31.9. The summed E-state index contributed by atoms with van der Waals surface area (Å²) in [7, 11) is 18.0. The summed E-state index contributed by atoms with van der Waals surface area (Å²) in [5.74, 6) is 0. The van der Waals surface area contributed by atoms with Crippen LogP contribution in [0.25, 0.3) is 0 Å². The average Bonchev–Trinajstić information content (AvgIpc) is 3.88. The molecule has 0 bridgehead atoms. The van der Waals surface area contributed by atoms with Crippen LogP contribution < -0.4 is 0 Å². The minimum atomic E-state index is 0. The lowest BCUT2D eigenvalue weighted by Crippen LogP contribution is -1.79. The molecule has 4 rings (SSSR count). The molecule has 0 aliphatic heterocycles. The summed E-state index contributed by atoms with van der Waals surface area (Å²) in [4.78, 5) is 0. The third kappa shape index (κ3) is 9980. The van der Waals surface area contributed by atoms with Crippen molar-refractivity contribution >= 4 is 46.4 Å². The maximum Gasteiger partial charge on any atom is 0 e. The fourth-order valence-electron chi connectivity index (χ4n) is 0. The molecule has 0 N–H and O–H groups in total. The van der Waals surface area contributed by atoms with Crippen molar-refractivity contribution in [1.82, 2.24) is 0 Å². The lowest BCUT2D eigenvalue weighted by atomic mass is 9.40. The van der Waals surface area contributed by atoms with Crippen molar-refractivity contribution in [2.75, 3.05) is 0 Å². The van der Waals surface area contributed by atoms with Crippen LogP contribution >= 0.6 is 0 Å². The van der Waals surface area contributed by atoms with Gasteiger partial charge in [-0.05, 0) is 0 Å². The predicted octanol–water partition coefficient (Wildman–Crippen LogP) is 26.9. The molecule has 0 atom stereocenters. The van der Waals surface area contributed by atoms with Crippen LogP contribution in [0.5, 0.6) is 0 Å². The molecule has 4 aliphatic rings. The van der Waals surface area contributed by atoms with Gasteiger partial charge in [-0.2, -0.15) is 0 Å². The van der Waals surface area contributed by atoms with Gasteiger partial charge in [-0.1, -0.05) is 379 Å². The third-order valence-corrected chi connectivity index (χ3v) is 1.41. The second kappa shape index (κ2) is 1130. The molecule has 0 aromatic carbocycles. The third-order valence-electron chi connectivity index (χ3n) is 1.41. The van der Waals surface area contributed by atoms with E-state index >= 15 is 0 Å². The van der Waals surface area contributed by atoms with Gasteiger partial charge in [0.25, 0.3) is 0 Å². The van der Waals surface area contributed by atoms with Crippen LogP contribution in [-0.4, -0.2) is 46.4 Å². The Hall–Kier alpha value is 0.390. The monoisotopic (exact) mass is 891 g/mol. The summed E-state index contributed by atoms with van der Waals surface area (Å²) in [6, 6.07) is 0. The summed E-state index contributed by atoms with van der Waals surface area (Å²) in [6.07, 6.45) is 18.0. The molecule has 6 heteroatoms. The highest BCUT2D eigenvalue weighted by molar-refractivity contribution is 7.17. The molecule has 0 aromatic heterocycles. The predicted molar refractivity (Wildman–Crippen MR) is 354 cm³/mol. The van der Waals surface area contributed by atoms with Gasteiger partial charge in [0, 0.05) is 47.8 Å². The number of hydrogen-bond acceptors (Lipinski definition) is 0. The van der Waals surface area contributed by atoms with Crippen LogP contribution in [0.2, 0.25) is 0 Å². The lowest BCUT2D eigenvalue weighted by Gasteiger charge is -1.41. The van der Waals surface area contributed by atoms with Gasteiger partial charge in [0.1, 0.15) is 0 Å². The maximum absolute atomic E-state index is 4.50. The van der Waals surface area contributed by atoms with Crippen molar-refractivity contribution in [2.45, 2.75) is 379 Å². The molecule has 4 fully saturated rings. The summed E-state index contributed by atoms with van der Waals surface area (Å²) >= 11 is 0. The molecular weight excluding hydrogens is 713 g/mol. The number of hydrogen-bond donors (Lipinski definition) is 0. The van der Waals surface area contributed by atoms with Gasteiger partial charge in [0.2, 0.25) is 0 Å². The molecular formula is C54H174B6. The molecule has 0 spiro atoms. The van der Waals surface area contributed by atoms with E-state index in [0.717, 1.165) is 7.06 Å². The topological polar surface area (TPSA) is 0 Å². The summed E-state index contributed by atoms with van der Waals surface area (Å²) in [6.45, 7) is 40.0. The minimum absolute atomic E-state index is 0. The standard InChI is InChI=1S/4C3H6.10C2H6.22CH4.B3.B2.B.H2/c4*1-2-3-1;10*1-2;;;;;;;;;;;;;;;;;;;;;;;1-3-2;1-2;;/h4*1-3H2;10*1-2H3;22*1H4;;;;1H/i;;;;;;;;;;;;;;;;;;;;;;;;;;;;;;;;;;;;;;;1+2. The average molecular weight is 891 g/mol. The van der Waals surface area contributed by atoms with Crippen molar-refractivity contribution in [3.63, 3.8) is 0 Å². The van der Waals surface area contributed by atoms with E-state index in [0.29, 0.717) is 0 Å². The van der Waals surface area contributed by atoms with Gasteiger partial charge >= 0.3 is 0 Å². The van der Waals surface area contributed by atoms with E-state index in [1.165, 1.54) is 77.0 Å². The Bertz CT molecular complexity index is 88.7. The SMILES string of the molecule is C.C.C.C.C.C.C.C.C.C.C.C.C.C.C.C.C.C.C.C.C.C.C1CC1.C1CC1.C1CC1.C1CC1.CC.CC.CC.CC.CC.CC.CC.CC.CC.CC.[3HH].[B].[B][B].[B][B][B]. The van der Waals surface area contributed by atoms with Crippen LogP contribution in [0.1, 0.15) is 380 Å². The second-order valence-electron chi connectivity index (χ2n) is 4.44. The Morgan fingerprint density at radius 3 is 0.217 bits per heavy atom. The van der Waals surface area contributed by atoms with Crippen molar-refractivity contribution in [2.24, 2.45) is 0 Å². The summed E-state index contributed by atoms with van der Waals surface area (Å²) in [5.41, 5.74) is 0. The molecule has 408 valence electrons. The van der Waals surface area contributed by atoms with Crippen LogP contribution in [-0.2, 0) is 0 Å². The largest absolute Gasteiger partial charge is 0.0776 e. The Labute approximate surface area is 425 Å². The van der Waals surface area contributed by atoms with Gasteiger partial charge in [-0.25, -0.2) is 0 Å². The first-order chi connectivity index (χ1) is 18.4.